The minimum Gasteiger partial charge on any atom is -0.393 e. The van der Waals surface area contributed by atoms with Crippen LogP contribution in [-0.2, 0) is 14.3 Å². The van der Waals surface area contributed by atoms with E-state index in [9.17, 15) is 9.59 Å². The van der Waals surface area contributed by atoms with Crippen molar-refractivity contribution < 1.29 is 14.3 Å². The monoisotopic (exact) mass is 297 g/mol. The molecule has 2 aliphatic heterocycles. The van der Waals surface area contributed by atoms with Crippen LogP contribution in [0.1, 0.15) is 17.9 Å². The zero-order valence-corrected chi connectivity index (χ0v) is 11.8. The first kappa shape index (κ1) is 12.5. The molecule has 2 aliphatic rings. The molecule has 0 aliphatic carbocycles. The number of esters is 2. The highest BCUT2D eigenvalue weighted by atomic mass is 32.2. The smallest absolute Gasteiger partial charge is 0.321 e. The summed E-state index contributed by atoms with van der Waals surface area (Å²) in [6.07, 6.45) is 0.114. The highest BCUT2D eigenvalue weighted by Crippen LogP contribution is 2.47. The summed E-state index contributed by atoms with van der Waals surface area (Å²) < 4.78 is 4.68. The van der Waals surface area contributed by atoms with Crippen molar-refractivity contribution in [2.45, 2.75) is 22.1 Å². The summed E-state index contributed by atoms with van der Waals surface area (Å²) in [6, 6.07) is 13.8. The first-order chi connectivity index (χ1) is 10.2. The topological polar surface area (TPSA) is 55.4 Å². The molecule has 21 heavy (non-hydrogen) atoms. The molecule has 0 spiro atoms. The standard InChI is InChI=1S/C16H11NO3S/c18-14-8-10(16(19)20-14)9-4-3-7-13-15(9)17-11-5-1-2-6-12(11)21-13/h1-7,10,17H,8H2. The Morgan fingerprint density at radius 1 is 1.05 bits per heavy atom. The molecule has 0 bridgehead atoms. The summed E-state index contributed by atoms with van der Waals surface area (Å²) >= 11 is 1.66. The number of cyclic esters (lactones) is 2. The fraction of sp³-hybridized carbons (Fsp3) is 0.125. The predicted molar refractivity (Wildman–Crippen MR) is 78.7 cm³/mol. The van der Waals surface area contributed by atoms with Gasteiger partial charge in [-0.05, 0) is 23.8 Å². The molecule has 1 N–H and O–H groups in total. The first-order valence-electron chi connectivity index (χ1n) is 6.64. The van der Waals surface area contributed by atoms with E-state index in [4.69, 9.17) is 0 Å². The van der Waals surface area contributed by atoms with Crippen molar-refractivity contribution in [2.75, 3.05) is 5.32 Å². The van der Waals surface area contributed by atoms with E-state index in [0.717, 1.165) is 26.7 Å². The molecule has 1 saturated heterocycles. The molecule has 1 fully saturated rings. The molecule has 0 radical (unpaired) electrons. The van der Waals surface area contributed by atoms with Crippen molar-refractivity contribution in [2.24, 2.45) is 0 Å². The van der Waals surface area contributed by atoms with Gasteiger partial charge in [0.15, 0.2) is 0 Å². The van der Waals surface area contributed by atoms with E-state index in [1.165, 1.54) is 0 Å². The number of ether oxygens (including phenoxy) is 1. The van der Waals surface area contributed by atoms with E-state index in [1.807, 2.05) is 36.4 Å². The van der Waals surface area contributed by atoms with Crippen molar-refractivity contribution in [1.29, 1.82) is 0 Å². The number of nitrogens with one attached hydrogen (secondary N) is 1. The van der Waals surface area contributed by atoms with Crippen molar-refractivity contribution in [1.82, 2.24) is 0 Å². The van der Waals surface area contributed by atoms with E-state index >= 15 is 0 Å². The van der Waals surface area contributed by atoms with Crippen LogP contribution < -0.4 is 5.32 Å². The maximum atomic E-state index is 11.8. The normalized spacial score (nSPS) is 19.5. The fourth-order valence-electron chi connectivity index (χ4n) is 2.68. The minimum absolute atomic E-state index is 0.114. The Bertz CT molecular complexity index is 772. The van der Waals surface area contributed by atoms with Crippen LogP contribution in [0.15, 0.2) is 52.3 Å². The van der Waals surface area contributed by atoms with Crippen LogP contribution in [0.4, 0.5) is 11.4 Å². The lowest BCUT2D eigenvalue weighted by atomic mass is 9.95. The van der Waals surface area contributed by atoms with E-state index in [-0.39, 0.29) is 6.42 Å². The van der Waals surface area contributed by atoms with Gasteiger partial charge in [-0.15, -0.1) is 0 Å². The van der Waals surface area contributed by atoms with Crippen LogP contribution in [0, 0.1) is 0 Å². The molecule has 0 aromatic heterocycles. The van der Waals surface area contributed by atoms with E-state index < -0.39 is 17.9 Å². The van der Waals surface area contributed by atoms with Gasteiger partial charge in [0, 0.05) is 9.79 Å². The van der Waals surface area contributed by atoms with Crippen LogP contribution in [0.3, 0.4) is 0 Å². The van der Waals surface area contributed by atoms with Crippen molar-refractivity contribution >= 4 is 35.1 Å². The maximum absolute atomic E-state index is 11.8. The van der Waals surface area contributed by atoms with Crippen molar-refractivity contribution in [3.05, 3.63) is 48.0 Å². The number of benzene rings is 2. The summed E-state index contributed by atoms with van der Waals surface area (Å²) in [5, 5.41) is 3.38. The van der Waals surface area contributed by atoms with Gasteiger partial charge in [0.2, 0.25) is 0 Å². The summed E-state index contributed by atoms with van der Waals surface area (Å²) in [7, 11) is 0. The Morgan fingerprint density at radius 3 is 2.67 bits per heavy atom. The quantitative estimate of drug-likeness (QED) is 0.550. The lowest BCUT2D eigenvalue weighted by Crippen LogP contribution is -2.10. The third-order valence-corrected chi connectivity index (χ3v) is 4.81. The van der Waals surface area contributed by atoms with Gasteiger partial charge in [0.25, 0.3) is 0 Å². The van der Waals surface area contributed by atoms with Crippen LogP contribution in [0.2, 0.25) is 0 Å². The molecule has 5 heteroatoms. The Morgan fingerprint density at radius 2 is 1.86 bits per heavy atom. The SMILES string of the molecule is O=C1CC(c2cccc3c2Nc2ccccc2S3)C(=O)O1. The second kappa shape index (κ2) is 4.63. The largest absolute Gasteiger partial charge is 0.393 e. The average Bonchev–Trinajstić information content (AvgIpc) is 2.83. The molecular weight excluding hydrogens is 286 g/mol. The lowest BCUT2D eigenvalue weighted by Gasteiger charge is -2.24. The summed E-state index contributed by atoms with van der Waals surface area (Å²) in [5.41, 5.74) is 2.74. The van der Waals surface area contributed by atoms with Gasteiger partial charge < -0.3 is 10.1 Å². The molecule has 2 aromatic carbocycles. The van der Waals surface area contributed by atoms with E-state index in [1.54, 1.807) is 11.8 Å². The van der Waals surface area contributed by atoms with Gasteiger partial charge in [-0.1, -0.05) is 36.0 Å². The zero-order chi connectivity index (χ0) is 14.4. The van der Waals surface area contributed by atoms with E-state index in [2.05, 4.69) is 16.1 Å². The number of carbonyl (C=O) groups is 2. The number of fused-ring (bicyclic) bond motifs is 2. The summed E-state index contributed by atoms with van der Waals surface area (Å²) in [6.45, 7) is 0. The molecule has 4 nitrogen and oxygen atoms in total. The summed E-state index contributed by atoms with van der Waals surface area (Å²) in [4.78, 5) is 25.4. The van der Waals surface area contributed by atoms with Gasteiger partial charge in [-0.2, -0.15) is 0 Å². The average molecular weight is 297 g/mol. The van der Waals surface area contributed by atoms with Crippen LogP contribution in [0.5, 0.6) is 0 Å². The molecule has 0 saturated carbocycles. The van der Waals surface area contributed by atoms with Crippen LogP contribution in [-0.4, -0.2) is 11.9 Å². The predicted octanol–water partition coefficient (Wildman–Crippen LogP) is 3.45. The summed E-state index contributed by atoms with van der Waals surface area (Å²) in [5.74, 6) is -1.42. The van der Waals surface area contributed by atoms with Crippen molar-refractivity contribution in [3.8, 4) is 0 Å². The Kier molecular flexibility index (Phi) is 2.75. The second-order valence-corrected chi connectivity index (χ2v) is 6.08. The van der Waals surface area contributed by atoms with Gasteiger partial charge in [0.1, 0.15) is 0 Å². The van der Waals surface area contributed by atoms with Gasteiger partial charge in [-0.25, -0.2) is 0 Å². The minimum atomic E-state index is -0.509. The number of hydrogen-bond donors (Lipinski definition) is 1. The molecule has 104 valence electrons. The molecule has 2 heterocycles. The molecule has 2 aromatic rings. The lowest BCUT2D eigenvalue weighted by molar-refractivity contribution is -0.152. The second-order valence-electron chi connectivity index (χ2n) is 4.99. The number of carbonyl (C=O) groups excluding carboxylic acids is 2. The first-order valence-corrected chi connectivity index (χ1v) is 7.45. The number of rotatable bonds is 1. The Labute approximate surface area is 125 Å². The highest BCUT2D eigenvalue weighted by molar-refractivity contribution is 7.99. The van der Waals surface area contributed by atoms with Gasteiger partial charge >= 0.3 is 11.9 Å². The molecule has 1 unspecified atom stereocenters. The van der Waals surface area contributed by atoms with E-state index in [0.29, 0.717) is 0 Å². The van der Waals surface area contributed by atoms with Crippen molar-refractivity contribution in [3.63, 3.8) is 0 Å². The fourth-order valence-corrected chi connectivity index (χ4v) is 3.71. The molecule has 0 amide bonds. The van der Waals surface area contributed by atoms with Gasteiger partial charge in [0.05, 0.1) is 23.7 Å². The zero-order valence-electron chi connectivity index (χ0n) is 11.0. The molecule has 1 atom stereocenters. The van der Waals surface area contributed by atoms with Crippen LogP contribution >= 0.6 is 11.8 Å². The van der Waals surface area contributed by atoms with Gasteiger partial charge in [-0.3, -0.25) is 9.59 Å². The maximum Gasteiger partial charge on any atom is 0.321 e. The Hall–Kier alpha value is -2.27. The third kappa shape index (κ3) is 2.01. The third-order valence-electron chi connectivity index (χ3n) is 3.67. The molecular formula is C16H11NO3S. The highest BCUT2D eigenvalue weighted by Gasteiger charge is 2.37. The number of para-hydroxylation sites is 2. The molecule has 4 rings (SSSR count). The Balaban J connectivity index is 1.80. The number of hydrogen-bond acceptors (Lipinski definition) is 5. The number of anilines is 2. The van der Waals surface area contributed by atoms with Crippen LogP contribution in [0.25, 0.3) is 0 Å².